The van der Waals surface area contributed by atoms with Gasteiger partial charge < -0.3 is 9.30 Å². The van der Waals surface area contributed by atoms with E-state index in [1.54, 1.807) is 24.7 Å². The van der Waals surface area contributed by atoms with Crippen LogP contribution in [0.2, 0.25) is 5.02 Å². The zero-order valence-corrected chi connectivity index (χ0v) is 15.0. The summed E-state index contributed by atoms with van der Waals surface area (Å²) in [5.74, 6) is 0.429. The van der Waals surface area contributed by atoms with Crippen molar-refractivity contribution >= 4 is 28.3 Å². The molecular formula is C21H14ClN3O2. The highest BCUT2D eigenvalue weighted by atomic mass is 35.5. The van der Waals surface area contributed by atoms with Gasteiger partial charge in [0.05, 0.1) is 24.0 Å². The van der Waals surface area contributed by atoms with E-state index in [0.29, 0.717) is 35.2 Å². The Morgan fingerprint density at radius 1 is 1.07 bits per heavy atom. The minimum absolute atomic E-state index is 0.0411. The van der Waals surface area contributed by atoms with E-state index in [4.69, 9.17) is 16.3 Å². The van der Waals surface area contributed by atoms with Crippen LogP contribution in [0.25, 0.3) is 22.0 Å². The van der Waals surface area contributed by atoms with Crippen molar-refractivity contribution in [2.24, 2.45) is 0 Å². The van der Waals surface area contributed by atoms with Crippen LogP contribution in [0.1, 0.15) is 15.9 Å². The average Bonchev–Trinajstić information content (AvgIpc) is 3.29. The molecular weight excluding hydrogens is 362 g/mol. The lowest BCUT2D eigenvalue weighted by atomic mass is 10.0. The van der Waals surface area contributed by atoms with Gasteiger partial charge >= 0.3 is 0 Å². The maximum atomic E-state index is 13.1. The van der Waals surface area contributed by atoms with Gasteiger partial charge in [0.25, 0.3) is 0 Å². The van der Waals surface area contributed by atoms with Gasteiger partial charge in [0.15, 0.2) is 5.78 Å². The van der Waals surface area contributed by atoms with Crippen LogP contribution in [0, 0.1) is 0 Å². The highest BCUT2D eigenvalue weighted by Gasteiger charge is 2.33. The number of ether oxygens (including phenoxy) is 1. The molecule has 0 aliphatic heterocycles. The molecule has 0 unspecified atom stereocenters. The molecule has 0 atom stereocenters. The van der Waals surface area contributed by atoms with E-state index in [1.165, 1.54) is 0 Å². The topological polar surface area (TPSA) is 57.0 Å². The SMILES string of the molecule is O=C1c2cc(Cl)ccc2-c2c(OCCn3ccnc3)nc3ccccc3c21. The molecule has 0 saturated carbocycles. The molecule has 1 aliphatic rings. The molecule has 0 spiro atoms. The summed E-state index contributed by atoms with van der Waals surface area (Å²) >= 11 is 6.12. The Labute approximate surface area is 160 Å². The Hall–Kier alpha value is -3.18. The number of aromatic nitrogens is 3. The first-order valence-electron chi connectivity index (χ1n) is 8.58. The Morgan fingerprint density at radius 3 is 2.81 bits per heavy atom. The van der Waals surface area contributed by atoms with Gasteiger partial charge in [0, 0.05) is 33.9 Å². The first kappa shape index (κ1) is 16.0. The molecule has 2 heterocycles. The molecule has 5 nitrogen and oxygen atoms in total. The van der Waals surface area contributed by atoms with Crippen molar-refractivity contribution in [1.29, 1.82) is 0 Å². The molecule has 4 aromatic rings. The lowest BCUT2D eigenvalue weighted by Gasteiger charge is -2.12. The maximum Gasteiger partial charge on any atom is 0.222 e. The van der Waals surface area contributed by atoms with E-state index in [-0.39, 0.29) is 5.78 Å². The number of hydrogen-bond donors (Lipinski definition) is 0. The number of carbonyl (C=O) groups is 1. The summed E-state index contributed by atoms with van der Waals surface area (Å²) in [6.45, 7) is 1.07. The lowest BCUT2D eigenvalue weighted by Crippen LogP contribution is -2.09. The van der Waals surface area contributed by atoms with Crippen LogP contribution in [-0.2, 0) is 6.54 Å². The standard InChI is InChI=1S/C21H14ClN3O2/c22-13-5-6-14-16(11-13)20(26)18-15-3-1-2-4-17(15)24-21(19(14)18)27-10-9-25-8-7-23-12-25/h1-8,11-12H,9-10H2. The van der Waals surface area contributed by atoms with Crippen LogP contribution in [-0.4, -0.2) is 26.9 Å². The molecule has 0 amide bonds. The summed E-state index contributed by atoms with van der Waals surface area (Å²) in [4.78, 5) is 21.8. The lowest BCUT2D eigenvalue weighted by molar-refractivity contribution is 0.104. The van der Waals surface area contributed by atoms with Gasteiger partial charge in [-0.3, -0.25) is 4.79 Å². The molecule has 5 rings (SSSR count). The van der Waals surface area contributed by atoms with Crippen molar-refractivity contribution in [3.05, 3.63) is 77.3 Å². The third kappa shape index (κ3) is 2.59. The number of hydrogen-bond acceptors (Lipinski definition) is 4. The third-order valence-corrected chi connectivity index (χ3v) is 4.96. The quantitative estimate of drug-likeness (QED) is 0.468. The van der Waals surface area contributed by atoms with Crippen molar-refractivity contribution in [2.45, 2.75) is 6.54 Å². The van der Waals surface area contributed by atoms with Crippen LogP contribution in [0.3, 0.4) is 0 Å². The monoisotopic (exact) mass is 375 g/mol. The normalized spacial score (nSPS) is 12.3. The summed E-state index contributed by atoms with van der Waals surface area (Å²) in [5, 5.41) is 1.36. The van der Waals surface area contributed by atoms with Gasteiger partial charge in [-0.05, 0) is 23.8 Å². The summed E-state index contributed by atoms with van der Waals surface area (Å²) < 4.78 is 7.95. The molecule has 6 heteroatoms. The Morgan fingerprint density at radius 2 is 1.96 bits per heavy atom. The second-order valence-electron chi connectivity index (χ2n) is 6.35. The van der Waals surface area contributed by atoms with Gasteiger partial charge in [0.2, 0.25) is 5.88 Å². The molecule has 1 aliphatic carbocycles. The van der Waals surface area contributed by atoms with Crippen molar-refractivity contribution in [3.63, 3.8) is 0 Å². The van der Waals surface area contributed by atoms with E-state index in [9.17, 15) is 4.79 Å². The molecule has 2 aromatic heterocycles. The zero-order valence-electron chi connectivity index (χ0n) is 14.2. The van der Waals surface area contributed by atoms with Gasteiger partial charge in [-0.15, -0.1) is 0 Å². The predicted molar refractivity (Wildman–Crippen MR) is 103 cm³/mol. The molecule has 27 heavy (non-hydrogen) atoms. The number of para-hydroxylation sites is 1. The fourth-order valence-corrected chi connectivity index (χ4v) is 3.68. The van der Waals surface area contributed by atoms with Gasteiger partial charge in [-0.25, -0.2) is 9.97 Å². The fraction of sp³-hybridized carbons (Fsp3) is 0.0952. The number of ketones is 1. The highest BCUT2D eigenvalue weighted by Crippen LogP contribution is 2.45. The molecule has 0 fully saturated rings. The Bertz CT molecular complexity index is 1190. The van der Waals surface area contributed by atoms with E-state index >= 15 is 0 Å². The van der Waals surface area contributed by atoms with Gasteiger partial charge in [0.1, 0.15) is 6.61 Å². The number of imidazole rings is 1. The molecule has 0 N–H and O–H groups in total. The minimum atomic E-state index is -0.0411. The number of fused-ring (bicyclic) bond motifs is 5. The van der Waals surface area contributed by atoms with Crippen molar-refractivity contribution in [3.8, 4) is 17.0 Å². The second-order valence-corrected chi connectivity index (χ2v) is 6.79. The van der Waals surface area contributed by atoms with Crippen molar-refractivity contribution < 1.29 is 9.53 Å². The summed E-state index contributed by atoms with van der Waals surface area (Å²) in [6, 6.07) is 13.0. The highest BCUT2D eigenvalue weighted by molar-refractivity contribution is 6.33. The van der Waals surface area contributed by atoms with Crippen LogP contribution >= 0.6 is 11.6 Å². The first-order chi connectivity index (χ1) is 13.2. The number of benzene rings is 2. The second kappa shape index (κ2) is 6.21. The third-order valence-electron chi connectivity index (χ3n) is 4.73. The predicted octanol–water partition coefficient (Wildman–Crippen LogP) is 4.38. The number of nitrogens with zero attached hydrogens (tertiary/aromatic N) is 3. The van der Waals surface area contributed by atoms with Crippen LogP contribution < -0.4 is 4.74 Å². The molecule has 0 radical (unpaired) electrons. The summed E-state index contributed by atoms with van der Waals surface area (Å²) in [6.07, 6.45) is 5.34. The van der Waals surface area contributed by atoms with Crippen molar-refractivity contribution in [2.75, 3.05) is 6.61 Å². The molecule has 132 valence electrons. The van der Waals surface area contributed by atoms with E-state index in [0.717, 1.165) is 22.0 Å². The van der Waals surface area contributed by atoms with Crippen LogP contribution in [0.4, 0.5) is 0 Å². The Kier molecular flexibility index (Phi) is 3.69. The van der Waals surface area contributed by atoms with Gasteiger partial charge in [-0.2, -0.15) is 0 Å². The Balaban J connectivity index is 1.64. The maximum absolute atomic E-state index is 13.1. The molecule has 0 saturated heterocycles. The van der Waals surface area contributed by atoms with E-state index < -0.39 is 0 Å². The van der Waals surface area contributed by atoms with E-state index in [1.807, 2.05) is 41.1 Å². The largest absolute Gasteiger partial charge is 0.475 e. The smallest absolute Gasteiger partial charge is 0.222 e. The molecule has 2 aromatic carbocycles. The average molecular weight is 376 g/mol. The first-order valence-corrected chi connectivity index (χ1v) is 8.96. The summed E-state index contributed by atoms with van der Waals surface area (Å²) in [5.41, 5.74) is 3.53. The number of rotatable bonds is 4. The number of halogens is 1. The molecule has 0 bridgehead atoms. The van der Waals surface area contributed by atoms with Crippen LogP contribution in [0.5, 0.6) is 5.88 Å². The minimum Gasteiger partial charge on any atom is -0.475 e. The summed E-state index contributed by atoms with van der Waals surface area (Å²) in [7, 11) is 0. The number of pyridine rings is 1. The fourth-order valence-electron chi connectivity index (χ4n) is 3.50. The van der Waals surface area contributed by atoms with Crippen molar-refractivity contribution in [1.82, 2.24) is 14.5 Å². The zero-order chi connectivity index (χ0) is 18.4. The van der Waals surface area contributed by atoms with Gasteiger partial charge in [-0.1, -0.05) is 35.9 Å². The van der Waals surface area contributed by atoms with E-state index in [2.05, 4.69) is 9.97 Å². The number of carbonyl (C=O) groups excluding carboxylic acids is 1. The van der Waals surface area contributed by atoms with Crippen LogP contribution in [0.15, 0.2) is 61.2 Å².